The van der Waals surface area contributed by atoms with Gasteiger partial charge in [0.1, 0.15) is 0 Å². The third kappa shape index (κ3) is 6.27. The summed E-state index contributed by atoms with van der Waals surface area (Å²) in [5.41, 5.74) is 22.6. The summed E-state index contributed by atoms with van der Waals surface area (Å²) in [6, 6.07) is 69.2. The Morgan fingerprint density at radius 2 is 0.682 bits per heavy atom. The summed E-state index contributed by atoms with van der Waals surface area (Å²) < 4.78 is 0. The molecular weight excluding hydrogens is 799 g/mol. The minimum atomic E-state index is 0.0759. The Balaban J connectivity index is 0.877. The van der Waals surface area contributed by atoms with Crippen molar-refractivity contribution in [3.8, 4) is 89.8 Å². The van der Waals surface area contributed by atoms with Gasteiger partial charge in [-0.25, -0.2) is 15.0 Å². The predicted octanol–water partition coefficient (Wildman–Crippen LogP) is 16.3. The molecule has 1 aromatic heterocycles. The van der Waals surface area contributed by atoms with Gasteiger partial charge >= 0.3 is 0 Å². The Bertz CT molecular complexity index is 3280. The molecule has 13 rings (SSSR count). The molecule has 66 heavy (non-hydrogen) atoms. The van der Waals surface area contributed by atoms with Gasteiger partial charge in [-0.05, 0) is 122 Å². The van der Waals surface area contributed by atoms with E-state index in [1.165, 1.54) is 109 Å². The van der Waals surface area contributed by atoms with Crippen LogP contribution in [-0.4, -0.2) is 15.0 Å². The summed E-state index contributed by atoms with van der Waals surface area (Å²) >= 11 is 0. The van der Waals surface area contributed by atoms with Crippen molar-refractivity contribution >= 4 is 0 Å². The highest BCUT2D eigenvalue weighted by molar-refractivity contribution is 5.96. The molecule has 3 heteroatoms. The molecule has 0 aliphatic heterocycles. The summed E-state index contributed by atoms with van der Waals surface area (Å²) in [4.78, 5) is 15.2. The number of hydrogen-bond donors (Lipinski definition) is 0. The molecule has 0 saturated heterocycles. The molecule has 2 spiro atoms. The van der Waals surface area contributed by atoms with E-state index >= 15 is 0 Å². The lowest BCUT2D eigenvalue weighted by atomic mass is 9.66. The van der Waals surface area contributed by atoms with Crippen LogP contribution < -0.4 is 0 Å². The highest BCUT2D eigenvalue weighted by Crippen LogP contribution is 2.63. The third-order valence-corrected chi connectivity index (χ3v) is 15.8. The second-order valence-corrected chi connectivity index (χ2v) is 19.3. The lowest BCUT2D eigenvalue weighted by Gasteiger charge is -2.37. The fraction of sp³-hybridized carbons (Fsp3) is 0.190. The number of fused-ring (bicyclic) bond motifs is 10. The number of benzene rings is 8. The van der Waals surface area contributed by atoms with Crippen molar-refractivity contribution in [1.29, 1.82) is 0 Å². The summed E-state index contributed by atoms with van der Waals surface area (Å²) in [6.07, 6.45) is 12.8. The van der Waals surface area contributed by atoms with Gasteiger partial charge in [-0.2, -0.15) is 0 Å². The molecule has 0 radical (unpaired) electrons. The van der Waals surface area contributed by atoms with Crippen molar-refractivity contribution in [3.05, 3.63) is 210 Å². The Morgan fingerprint density at radius 3 is 1.36 bits per heavy atom. The molecular formula is C63H51N3. The van der Waals surface area contributed by atoms with E-state index < -0.39 is 0 Å². The Kier molecular flexibility index (Phi) is 9.34. The highest BCUT2D eigenvalue weighted by Gasteiger charge is 2.49. The first-order valence-corrected chi connectivity index (χ1v) is 24.3. The van der Waals surface area contributed by atoms with Gasteiger partial charge in [-0.3, -0.25) is 0 Å². The van der Waals surface area contributed by atoms with E-state index in [1.54, 1.807) is 22.3 Å². The molecule has 4 aliphatic rings. The van der Waals surface area contributed by atoms with Crippen molar-refractivity contribution in [2.75, 3.05) is 0 Å². The van der Waals surface area contributed by atoms with Crippen LogP contribution in [0.2, 0.25) is 0 Å². The van der Waals surface area contributed by atoms with Crippen LogP contribution in [0.5, 0.6) is 0 Å². The molecule has 0 atom stereocenters. The summed E-state index contributed by atoms with van der Waals surface area (Å²) in [6.45, 7) is 0. The number of rotatable bonds is 6. The van der Waals surface area contributed by atoms with Crippen LogP contribution >= 0.6 is 0 Å². The Labute approximate surface area is 388 Å². The smallest absolute Gasteiger partial charge is 0.164 e. The average Bonchev–Trinajstić information content (AvgIpc) is 3.81. The third-order valence-electron chi connectivity index (χ3n) is 15.8. The van der Waals surface area contributed by atoms with Gasteiger partial charge in [0.25, 0.3) is 0 Å². The molecule has 3 nitrogen and oxygen atoms in total. The molecule has 0 amide bonds. The van der Waals surface area contributed by atoms with Crippen molar-refractivity contribution in [3.63, 3.8) is 0 Å². The highest BCUT2D eigenvalue weighted by atomic mass is 15.0. The summed E-state index contributed by atoms with van der Waals surface area (Å²) in [7, 11) is 0. The second kappa shape index (κ2) is 15.7. The quantitative estimate of drug-likeness (QED) is 0.167. The minimum absolute atomic E-state index is 0.0759. The van der Waals surface area contributed by atoms with Gasteiger partial charge in [-0.1, -0.05) is 208 Å². The van der Waals surface area contributed by atoms with Crippen molar-refractivity contribution in [2.24, 2.45) is 0 Å². The van der Waals surface area contributed by atoms with Gasteiger partial charge in [0.2, 0.25) is 0 Å². The molecule has 8 aromatic carbocycles. The molecule has 0 N–H and O–H groups in total. The summed E-state index contributed by atoms with van der Waals surface area (Å²) in [5, 5.41) is 0. The summed E-state index contributed by atoms with van der Waals surface area (Å²) in [5.74, 6) is 1.97. The molecule has 0 bridgehead atoms. The van der Waals surface area contributed by atoms with Crippen LogP contribution in [0.4, 0.5) is 0 Å². The zero-order valence-electron chi connectivity index (χ0n) is 37.3. The fourth-order valence-corrected chi connectivity index (χ4v) is 12.6. The number of aromatic nitrogens is 3. The van der Waals surface area contributed by atoms with E-state index in [2.05, 4.69) is 164 Å². The van der Waals surface area contributed by atoms with E-state index in [0.29, 0.717) is 17.5 Å². The first-order chi connectivity index (χ1) is 32.6. The second-order valence-electron chi connectivity index (χ2n) is 19.3. The number of nitrogens with zero attached hydrogens (tertiary/aromatic N) is 3. The molecule has 4 aliphatic carbocycles. The van der Waals surface area contributed by atoms with Gasteiger partial charge in [0.05, 0.1) is 0 Å². The van der Waals surface area contributed by atoms with Gasteiger partial charge in [0.15, 0.2) is 17.5 Å². The largest absolute Gasteiger partial charge is 0.208 e. The lowest BCUT2D eigenvalue weighted by Crippen LogP contribution is -2.29. The van der Waals surface area contributed by atoms with Gasteiger partial charge < -0.3 is 0 Å². The van der Waals surface area contributed by atoms with Crippen LogP contribution in [0.25, 0.3) is 89.8 Å². The first kappa shape index (κ1) is 39.2. The van der Waals surface area contributed by atoms with E-state index in [1.807, 2.05) is 24.3 Å². The molecule has 0 unspecified atom stereocenters. The maximum Gasteiger partial charge on any atom is 0.164 e. The first-order valence-electron chi connectivity index (χ1n) is 24.3. The minimum Gasteiger partial charge on any atom is -0.208 e. The standard InChI is InChI=1S/C63H51N3/c1-5-17-42(18-6-1)43-29-33-47(34-30-43)60-64-59(46-19-7-2-8-20-46)65-61(66-60)49-22-15-21-48(39-49)44-27-31-45(32-28-44)50-24-16-26-55-58(50)53-41-56-52(40-57(53)63(55)37-13-4-14-38-63)51-23-9-10-25-54(51)62(56)35-11-3-12-36-62/h1-2,5-10,15-34,39-41H,3-4,11-14,35-38H2. The van der Waals surface area contributed by atoms with Crippen LogP contribution in [0.15, 0.2) is 188 Å². The molecule has 9 aromatic rings. The number of hydrogen-bond acceptors (Lipinski definition) is 3. The maximum atomic E-state index is 5.12. The van der Waals surface area contributed by atoms with E-state index in [4.69, 9.17) is 15.0 Å². The predicted molar refractivity (Wildman–Crippen MR) is 271 cm³/mol. The van der Waals surface area contributed by atoms with Crippen molar-refractivity contribution in [1.82, 2.24) is 15.0 Å². The molecule has 2 fully saturated rings. The van der Waals surface area contributed by atoms with E-state index in [0.717, 1.165) is 27.8 Å². The SMILES string of the molecule is c1ccc(-c2ccc(-c3nc(-c4ccccc4)nc(-c4cccc(-c5ccc(-c6cccc7c6-c6cc8c(cc6C76CCCCC6)-c6ccccc6C86CCCCC6)cc5)c4)n3)cc2)cc1. The van der Waals surface area contributed by atoms with Crippen LogP contribution in [-0.2, 0) is 10.8 Å². The normalized spacial score (nSPS) is 16.1. The Morgan fingerprint density at radius 1 is 0.258 bits per heavy atom. The zero-order valence-corrected chi connectivity index (χ0v) is 37.3. The van der Waals surface area contributed by atoms with Gasteiger partial charge in [-0.15, -0.1) is 0 Å². The van der Waals surface area contributed by atoms with Gasteiger partial charge in [0, 0.05) is 27.5 Å². The molecule has 2 saturated carbocycles. The zero-order chi connectivity index (χ0) is 43.7. The van der Waals surface area contributed by atoms with Crippen molar-refractivity contribution < 1.29 is 0 Å². The Hall–Kier alpha value is -7.23. The maximum absolute atomic E-state index is 5.12. The topological polar surface area (TPSA) is 38.7 Å². The van der Waals surface area contributed by atoms with Crippen LogP contribution in [0.3, 0.4) is 0 Å². The fourth-order valence-electron chi connectivity index (χ4n) is 12.6. The lowest BCUT2D eigenvalue weighted by molar-refractivity contribution is 0.350. The van der Waals surface area contributed by atoms with E-state index in [-0.39, 0.29) is 10.8 Å². The van der Waals surface area contributed by atoms with E-state index in [9.17, 15) is 0 Å². The monoisotopic (exact) mass is 849 g/mol. The van der Waals surface area contributed by atoms with Crippen LogP contribution in [0.1, 0.15) is 86.5 Å². The molecule has 318 valence electrons. The molecule has 1 heterocycles. The average molecular weight is 850 g/mol. The van der Waals surface area contributed by atoms with Crippen molar-refractivity contribution in [2.45, 2.75) is 75.0 Å². The van der Waals surface area contributed by atoms with Crippen LogP contribution in [0, 0.1) is 0 Å².